The summed E-state index contributed by atoms with van der Waals surface area (Å²) in [7, 11) is 0. The van der Waals surface area contributed by atoms with Crippen molar-refractivity contribution < 1.29 is 4.74 Å². The third kappa shape index (κ3) is 3.48. The van der Waals surface area contributed by atoms with Gasteiger partial charge in [0.25, 0.3) is 0 Å². The van der Waals surface area contributed by atoms with Crippen LogP contribution in [0.2, 0.25) is 0 Å². The molecule has 4 nitrogen and oxygen atoms in total. The van der Waals surface area contributed by atoms with Crippen LogP contribution >= 0.6 is 0 Å². The summed E-state index contributed by atoms with van der Waals surface area (Å²) in [6.07, 6.45) is 6.10. The molecule has 1 unspecified atom stereocenters. The molecule has 0 aromatic heterocycles. The number of rotatable bonds is 4. The van der Waals surface area contributed by atoms with E-state index in [0.717, 1.165) is 25.1 Å². The molecule has 102 valence electrons. The zero-order chi connectivity index (χ0) is 13.0. The van der Waals surface area contributed by atoms with E-state index in [4.69, 9.17) is 10.5 Å². The van der Waals surface area contributed by atoms with Crippen LogP contribution in [0.15, 0.2) is 17.1 Å². The molecule has 1 spiro atoms. The Kier molecular flexibility index (Phi) is 4.27. The summed E-state index contributed by atoms with van der Waals surface area (Å²) in [4.78, 5) is 4.23. The maximum Gasteiger partial charge on any atom is 0.188 e. The minimum atomic E-state index is 0.216. The SMILES string of the molecule is C=C(C)CN=C(N)NCC1CCOC2(CCC2)C1. The van der Waals surface area contributed by atoms with E-state index >= 15 is 0 Å². The molecule has 2 fully saturated rings. The minimum Gasteiger partial charge on any atom is -0.375 e. The number of ether oxygens (including phenoxy) is 1. The maximum absolute atomic E-state index is 5.92. The number of nitrogens with zero attached hydrogens (tertiary/aromatic N) is 1. The Balaban J connectivity index is 1.72. The molecule has 1 aliphatic carbocycles. The molecular weight excluding hydrogens is 226 g/mol. The van der Waals surface area contributed by atoms with Gasteiger partial charge in [0.1, 0.15) is 0 Å². The topological polar surface area (TPSA) is 59.6 Å². The second-order valence-electron chi connectivity index (χ2n) is 5.78. The van der Waals surface area contributed by atoms with Crippen molar-refractivity contribution in [1.82, 2.24) is 5.32 Å². The number of nitrogens with two attached hydrogens (primary N) is 1. The largest absolute Gasteiger partial charge is 0.375 e. The minimum absolute atomic E-state index is 0.216. The van der Waals surface area contributed by atoms with Crippen LogP contribution in [0, 0.1) is 5.92 Å². The average Bonchev–Trinajstić information content (AvgIpc) is 2.32. The zero-order valence-electron chi connectivity index (χ0n) is 11.4. The normalized spacial score (nSPS) is 26.7. The van der Waals surface area contributed by atoms with Gasteiger partial charge in [-0.1, -0.05) is 12.2 Å². The first-order chi connectivity index (χ1) is 8.60. The molecule has 0 bridgehead atoms. The van der Waals surface area contributed by atoms with Crippen LogP contribution in [0.4, 0.5) is 0 Å². The van der Waals surface area contributed by atoms with Gasteiger partial charge in [0.2, 0.25) is 0 Å². The highest BCUT2D eigenvalue weighted by atomic mass is 16.5. The van der Waals surface area contributed by atoms with Crippen molar-refractivity contribution in [2.45, 2.75) is 44.6 Å². The second-order valence-corrected chi connectivity index (χ2v) is 5.78. The summed E-state index contributed by atoms with van der Waals surface area (Å²) < 4.78 is 5.92. The van der Waals surface area contributed by atoms with Crippen molar-refractivity contribution in [3.05, 3.63) is 12.2 Å². The zero-order valence-corrected chi connectivity index (χ0v) is 11.4. The standard InChI is InChI=1S/C14H25N3O/c1-11(2)9-16-13(15)17-10-12-4-7-18-14(8-12)5-3-6-14/h12H,1,3-10H2,2H3,(H3,15,16,17). The van der Waals surface area contributed by atoms with Crippen LogP contribution in [-0.2, 0) is 4.74 Å². The fourth-order valence-electron chi connectivity index (χ4n) is 2.75. The lowest BCUT2D eigenvalue weighted by molar-refractivity contribution is -0.142. The van der Waals surface area contributed by atoms with Gasteiger partial charge in [-0.2, -0.15) is 0 Å². The fraction of sp³-hybridized carbons (Fsp3) is 0.786. The lowest BCUT2D eigenvalue weighted by Gasteiger charge is -2.47. The van der Waals surface area contributed by atoms with Crippen LogP contribution in [0.5, 0.6) is 0 Å². The van der Waals surface area contributed by atoms with Crippen molar-refractivity contribution in [2.24, 2.45) is 16.6 Å². The van der Waals surface area contributed by atoms with E-state index in [1.54, 1.807) is 0 Å². The monoisotopic (exact) mass is 251 g/mol. The quantitative estimate of drug-likeness (QED) is 0.455. The molecule has 0 aromatic carbocycles. The fourth-order valence-corrected chi connectivity index (χ4v) is 2.75. The highest BCUT2D eigenvalue weighted by Crippen LogP contribution is 2.43. The molecule has 1 saturated heterocycles. The Morgan fingerprint density at radius 1 is 1.56 bits per heavy atom. The molecule has 2 rings (SSSR count). The van der Waals surface area contributed by atoms with Gasteiger partial charge in [0.15, 0.2) is 5.96 Å². The van der Waals surface area contributed by atoms with Crippen molar-refractivity contribution in [3.63, 3.8) is 0 Å². The summed E-state index contributed by atoms with van der Waals surface area (Å²) in [5, 5.41) is 3.22. The van der Waals surface area contributed by atoms with Gasteiger partial charge >= 0.3 is 0 Å². The lowest BCUT2D eigenvalue weighted by atomic mass is 9.72. The van der Waals surface area contributed by atoms with Crippen molar-refractivity contribution in [1.29, 1.82) is 0 Å². The second kappa shape index (κ2) is 5.74. The Bertz CT molecular complexity index is 334. The van der Waals surface area contributed by atoms with Crippen molar-refractivity contribution in [2.75, 3.05) is 19.7 Å². The first kappa shape index (κ1) is 13.4. The summed E-state index contributed by atoms with van der Waals surface area (Å²) >= 11 is 0. The molecule has 4 heteroatoms. The molecule has 0 aromatic rings. The maximum atomic E-state index is 5.92. The third-order valence-electron chi connectivity index (χ3n) is 3.95. The smallest absolute Gasteiger partial charge is 0.188 e. The number of hydrogen-bond acceptors (Lipinski definition) is 2. The predicted molar refractivity (Wildman–Crippen MR) is 74.6 cm³/mol. The van der Waals surface area contributed by atoms with E-state index in [1.165, 1.54) is 25.7 Å². The number of hydrogen-bond donors (Lipinski definition) is 2. The van der Waals surface area contributed by atoms with Gasteiger partial charge in [-0.15, -0.1) is 0 Å². The van der Waals surface area contributed by atoms with Crippen LogP contribution in [-0.4, -0.2) is 31.3 Å². The van der Waals surface area contributed by atoms with E-state index in [9.17, 15) is 0 Å². The van der Waals surface area contributed by atoms with Gasteiger partial charge < -0.3 is 15.8 Å². The molecule has 3 N–H and O–H groups in total. The highest BCUT2D eigenvalue weighted by Gasteiger charge is 2.42. The van der Waals surface area contributed by atoms with E-state index < -0.39 is 0 Å². The summed E-state index contributed by atoms with van der Waals surface area (Å²) in [5.41, 5.74) is 7.06. The van der Waals surface area contributed by atoms with E-state index in [2.05, 4.69) is 16.9 Å². The van der Waals surface area contributed by atoms with Gasteiger partial charge in [-0.3, -0.25) is 0 Å². The van der Waals surface area contributed by atoms with Gasteiger partial charge in [-0.05, 0) is 44.9 Å². The van der Waals surface area contributed by atoms with Crippen molar-refractivity contribution in [3.8, 4) is 0 Å². The molecule has 1 heterocycles. The van der Waals surface area contributed by atoms with E-state index in [1.807, 2.05) is 6.92 Å². The highest BCUT2D eigenvalue weighted by molar-refractivity contribution is 5.77. The molecule has 0 radical (unpaired) electrons. The van der Waals surface area contributed by atoms with E-state index in [0.29, 0.717) is 18.4 Å². The van der Waals surface area contributed by atoms with Gasteiger partial charge in [0.05, 0.1) is 12.1 Å². The van der Waals surface area contributed by atoms with Crippen LogP contribution < -0.4 is 11.1 Å². The summed E-state index contributed by atoms with van der Waals surface area (Å²) in [5.74, 6) is 1.20. The first-order valence-corrected chi connectivity index (χ1v) is 6.92. The van der Waals surface area contributed by atoms with E-state index in [-0.39, 0.29) is 5.60 Å². The summed E-state index contributed by atoms with van der Waals surface area (Å²) in [6.45, 7) is 8.18. The molecule has 0 amide bonds. The molecule has 1 aliphatic heterocycles. The number of aliphatic imine (C=N–C) groups is 1. The Hall–Kier alpha value is -1.03. The Morgan fingerprint density at radius 2 is 2.33 bits per heavy atom. The molecule has 1 atom stereocenters. The predicted octanol–water partition coefficient (Wildman–Crippen LogP) is 1.82. The van der Waals surface area contributed by atoms with Gasteiger partial charge in [0, 0.05) is 13.2 Å². The Morgan fingerprint density at radius 3 is 2.94 bits per heavy atom. The molecule has 2 aliphatic rings. The van der Waals surface area contributed by atoms with Crippen molar-refractivity contribution >= 4 is 5.96 Å². The van der Waals surface area contributed by atoms with Crippen LogP contribution in [0.3, 0.4) is 0 Å². The Labute approximate surface area is 110 Å². The van der Waals surface area contributed by atoms with Crippen LogP contribution in [0.1, 0.15) is 39.0 Å². The molecule has 1 saturated carbocycles. The molecular formula is C14H25N3O. The average molecular weight is 251 g/mol. The summed E-state index contributed by atoms with van der Waals surface area (Å²) in [6, 6.07) is 0. The lowest BCUT2D eigenvalue weighted by Crippen LogP contribution is -2.48. The van der Waals surface area contributed by atoms with Gasteiger partial charge in [-0.25, -0.2) is 4.99 Å². The first-order valence-electron chi connectivity index (χ1n) is 6.92. The number of guanidine groups is 1. The third-order valence-corrected chi connectivity index (χ3v) is 3.95. The van der Waals surface area contributed by atoms with Crippen LogP contribution in [0.25, 0.3) is 0 Å². The number of nitrogens with one attached hydrogen (secondary N) is 1. The molecule has 18 heavy (non-hydrogen) atoms.